The number of epoxide rings is 1. The lowest BCUT2D eigenvalue weighted by Crippen LogP contribution is -2.48. The van der Waals surface area contributed by atoms with E-state index in [9.17, 15) is 5.11 Å². The molecule has 1 saturated carbocycles. The highest BCUT2D eigenvalue weighted by atomic mass is 16.6. The van der Waals surface area contributed by atoms with Gasteiger partial charge in [0.1, 0.15) is 11.4 Å². The molecule has 1 N–H and O–H groups in total. The second kappa shape index (κ2) is 4.62. The number of hydrogen-bond acceptors (Lipinski definition) is 4. The van der Waals surface area contributed by atoms with Crippen molar-refractivity contribution in [1.29, 1.82) is 0 Å². The largest absolute Gasteiger partial charge is 0.458 e. The van der Waals surface area contributed by atoms with Gasteiger partial charge in [0.15, 0.2) is 5.76 Å². The zero-order valence-electron chi connectivity index (χ0n) is 11.8. The summed E-state index contributed by atoms with van der Waals surface area (Å²) in [6.07, 6.45) is 3.98. The topological polar surface area (TPSA) is 54.5 Å². The van der Waals surface area contributed by atoms with Crippen LogP contribution in [-0.4, -0.2) is 36.6 Å². The third-order valence-corrected chi connectivity index (χ3v) is 4.37. The van der Waals surface area contributed by atoms with E-state index in [4.69, 9.17) is 14.2 Å². The average Bonchev–Trinajstić information content (AvgIpc) is 3.27. The van der Waals surface area contributed by atoms with Gasteiger partial charge in [0, 0.05) is 13.5 Å². The fraction of sp³-hybridized carbons (Fsp3) is 0.733. The van der Waals surface area contributed by atoms with Gasteiger partial charge in [0.2, 0.25) is 0 Å². The van der Waals surface area contributed by atoms with Gasteiger partial charge in [-0.1, -0.05) is 11.6 Å². The number of hydrogen-bond donors (Lipinski definition) is 1. The van der Waals surface area contributed by atoms with E-state index < -0.39 is 6.10 Å². The van der Waals surface area contributed by atoms with E-state index in [0.717, 1.165) is 37.4 Å². The van der Waals surface area contributed by atoms with Crippen LogP contribution in [0.2, 0.25) is 0 Å². The van der Waals surface area contributed by atoms with Crippen molar-refractivity contribution in [1.82, 2.24) is 0 Å². The SMILES string of the molecule is COC1C(O)CCC2(CO2)C1C1=C(CC=C(C)C)O1. The molecule has 0 aromatic carbocycles. The minimum atomic E-state index is -0.425. The second-order valence-corrected chi connectivity index (χ2v) is 6.01. The first-order chi connectivity index (χ1) is 9.07. The van der Waals surface area contributed by atoms with Crippen LogP contribution in [0.5, 0.6) is 0 Å². The van der Waals surface area contributed by atoms with Gasteiger partial charge in [0.05, 0.1) is 24.7 Å². The highest BCUT2D eigenvalue weighted by molar-refractivity contribution is 5.31. The summed E-state index contributed by atoms with van der Waals surface area (Å²) in [5, 5.41) is 10.1. The molecule has 4 nitrogen and oxygen atoms in total. The first kappa shape index (κ1) is 13.2. The molecule has 2 heterocycles. The van der Waals surface area contributed by atoms with Crippen molar-refractivity contribution in [3.8, 4) is 0 Å². The third-order valence-electron chi connectivity index (χ3n) is 4.37. The predicted octanol–water partition coefficient (Wildman–Crippen LogP) is 2.14. The molecule has 0 amide bonds. The summed E-state index contributed by atoms with van der Waals surface area (Å²) in [5.41, 5.74) is 1.15. The molecule has 0 aromatic heterocycles. The van der Waals surface area contributed by atoms with Crippen LogP contribution >= 0.6 is 0 Å². The molecule has 3 aliphatic rings. The molecule has 0 radical (unpaired) electrons. The van der Waals surface area contributed by atoms with E-state index in [0.29, 0.717) is 0 Å². The quantitative estimate of drug-likeness (QED) is 0.625. The van der Waals surface area contributed by atoms with Crippen LogP contribution in [0.3, 0.4) is 0 Å². The summed E-state index contributed by atoms with van der Waals surface area (Å²) < 4.78 is 16.9. The summed E-state index contributed by atoms with van der Waals surface area (Å²) in [5.74, 6) is 2.07. The second-order valence-electron chi connectivity index (χ2n) is 6.01. The van der Waals surface area contributed by atoms with Crippen molar-refractivity contribution < 1.29 is 19.3 Å². The van der Waals surface area contributed by atoms with Gasteiger partial charge in [-0.25, -0.2) is 0 Å². The van der Waals surface area contributed by atoms with Gasteiger partial charge in [0.25, 0.3) is 0 Å². The Hall–Kier alpha value is -0.840. The van der Waals surface area contributed by atoms with Gasteiger partial charge >= 0.3 is 0 Å². The molecule has 0 aromatic rings. The third kappa shape index (κ3) is 2.33. The summed E-state index contributed by atoms with van der Waals surface area (Å²) >= 11 is 0. The summed E-state index contributed by atoms with van der Waals surface area (Å²) in [7, 11) is 1.65. The Balaban J connectivity index is 1.79. The minimum absolute atomic E-state index is 0.0572. The number of ether oxygens (including phenoxy) is 3. The van der Waals surface area contributed by atoms with Crippen molar-refractivity contribution in [3.63, 3.8) is 0 Å². The van der Waals surface area contributed by atoms with Crippen molar-refractivity contribution in [2.75, 3.05) is 13.7 Å². The van der Waals surface area contributed by atoms with E-state index in [-0.39, 0.29) is 17.6 Å². The van der Waals surface area contributed by atoms with Crippen molar-refractivity contribution in [2.45, 2.75) is 50.9 Å². The van der Waals surface area contributed by atoms with Gasteiger partial charge in [-0.2, -0.15) is 0 Å². The number of methoxy groups -OCH3 is 1. The Morgan fingerprint density at radius 2 is 2.26 bits per heavy atom. The maximum Gasteiger partial charge on any atom is 0.151 e. The van der Waals surface area contributed by atoms with Crippen molar-refractivity contribution in [2.24, 2.45) is 5.92 Å². The molecule has 2 aliphatic heterocycles. The average molecular weight is 266 g/mol. The van der Waals surface area contributed by atoms with E-state index in [2.05, 4.69) is 19.9 Å². The van der Waals surface area contributed by atoms with Crippen LogP contribution < -0.4 is 0 Å². The first-order valence-corrected chi connectivity index (χ1v) is 6.96. The van der Waals surface area contributed by atoms with E-state index in [1.807, 2.05) is 0 Å². The lowest BCUT2D eigenvalue weighted by atomic mass is 9.75. The summed E-state index contributed by atoms with van der Waals surface area (Å²) in [6.45, 7) is 4.92. The summed E-state index contributed by atoms with van der Waals surface area (Å²) in [6, 6.07) is 0. The van der Waals surface area contributed by atoms with Crippen LogP contribution in [0, 0.1) is 5.92 Å². The Bertz CT molecular complexity index is 429. The number of aliphatic hydroxyl groups is 1. The lowest BCUT2D eigenvalue weighted by molar-refractivity contribution is -0.0883. The molecule has 106 valence electrons. The fourth-order valence-electron chi connectivity index (χ4n) is 3.11. The molecular formula is C15H22O4. The van der Waals surface area contributed by atoms with Gasteiger partial charge in [-0.05, 0) is 26.7 Å². The molecule has 4 unspecified atom stereocenters. The highest BCUT2D eigenvalue weighted by Gasteiger charge is 2.63. The molecule has 2 fully saturated rings. The first-order valence-electron chi connectivity index (χ1n) is 6.96. The molecule has 1 saturated heterocycles. The van der Waals surface area contributed by atoms with Gasteiger partial charge in [-0.15, -0.1) is 0 Å². The molecule has 4 heteroatoms. The highest BCUT2D eigenvalue weighted by Crippen LogP contribution is 2.55. The molecule has 0 bridgehead atoms. The van der Waals surface area contributed by atoms with Crippen LogP contribution in [0.25, 0.3) is 0 Å². The number of rotatable bonds is 4. The number of aliphatic hydroxyl groups excluding tert-OH is 1. The molecule has 1 aliphatic carbocycles. The summed E-state index contributed by atoms with van der Waals surface area (Å²) in [4.78, 5) is 0. The zero-order chi connectivity index (χ0) is 13.6. The molecule has 3 rings (SSSR count). The van der Waals surface area contributed by atoms with Gasteiger partial charge in [-0.3, -0.25) is 0 Å². The fourth-order valence-corrected chi connectivity index (χ4v) is 3.11. The number of allylic oxidation sites excluding steroid dienone is 2. The van der Waals surface area contributed by atoms with Crippen LogP contribution in [0.4, 0.5) is 0 Å². The van der Waals surface area contributed by atoms with Crippen molar-refractivity contribution >= 4 is 0 Å². The Kier molecular flexibility index (Phi) is 3.20. The Labute approximate surface area is 114 Å². The van der Waals surface area contributed by atoms with Crippen LogP contribution in [-0.2, 0) is 14.2 Å². The van der Waals surface area contributed by atoms with Crippen LogP contribution in [0.15, 0.2) is 23.2 Å². The normalized spacial score (nSPS) is 40.1. The molecule has 1 spiro atoms. The Morgan fingerprint density at radius 3 is 2.84 bits per heavy atom. The van der Waals surface area contributed by atoms with E-state index in [1.165, 1.54) is 5.57 Å². The van der Waals surface area contributed by atoms with E-state index in [1.54, 1.807) is 7.11 Å². The monoisotopic (exact) mass is 266 g/mol. The standard InChI is InChI=1S/C15H22O4/c1-9(2)4-5-11-14(19-11)12-13(17-3)10(16)6-7-15(12)8-18-15/h4,10,12-13,16H,5-8H2,1-3H3. The maximum atomic E-state index is 10.1. The molecule has 19 heavy (non-hydrogen) atoms. The zero-order valence-corrected chi connectivity index (χ0v) is 11.8. The van der Waals surface area contributed by atoms with Gasteiger partial charge < -0.3 is 19.3 Å². The minimum Gasteiger partial charge on any atom is -0.458 e. The lowest BCUT2D eigenvalue weighted by Gasteiger charge is -2.36. The molecule has 4 atom stereocenters. The van der Waals surface area contributed by atoms with Crippen LogP contribution in [0.1, 0.15) is 33.1 Å². The smallest absolute Gasteiger partial charge is 0.151 e. The predicted molar refractivity (Wildman–Crippen MR) is 70.4 cm³/mol. The van der Waals surface area contributed by atoms with E-state index >= 15 is 0 Å². The van der Waals surface area contributed by atoms with Crippen molar-refractivity contribution in [3.05, 3.63) is 23.2 Å². The molecular weight excluding hydrogens is 244 g/mol. The Morgan fingerprint density at radius 1 is 1.53 bits per heavy atom. The maximum absolute atomic E-state index is 10.1.